The molecule has 7 nitrogen and oxygen atoms in total. The van der Waals surface area contributed by atoms with Gasteiger partial charge in [-0.3, -0.25) is 9.59 Å². The fraction of sp³-hybridized carbons (Fsp3) is 0.0909. The van der Waals surface area contributed by atoms with Gasteiger partial charge in [0.15, 0.2) is 5.76 Å². The third-order valence-corrected chi connectivity index (χ3v) is 4.42. The highest BCUT2D eigenvalue weighted by Gasteiger charge is 2.17. The molecule has 0 aliphatic heterocycles. The molecule has 0 atom stereocenters. The van der Waals surface area contributed by atoms with Crippen LogP contribution in [0.3, 0.4) is 0 Å². The van der Waals surface area contributed by atoms with Crippen LogP contribution in [0.15, 0.2) is 81.8 Å². The molecule has 0 radical (unpaired) electrons. The van der Waals surface area contributed by atoms with Crippen molar-refractivity contribution in [1.82, 2.24) is 15.6 Å². The Balaban J connectivity index is 1.44. The van der Waals surface area contributed by atoms with Crippen LogP contribution in [0.1, 0.15) is 21.9 Å². The standard InChI is InChI=1S/C22H19N3O4/c26-21(23-10-9-15-14-24-18-7-2-1-6-17(15)18)19(13-16-5-3-11-28-16)25-22(27)20-8-4-12-29-20/h1-8,11-14,24H,9-10H2,(H,23,26)(H,25,27). The summed E-state index contributed by atoms with van der Waals surface area (Å²) in [7, 11) is 0. The summed E-state index contributed by atoms with van der Waals surface area (Å²) in [5, 5.41) is 6.55. The first kappa shape index (κ1) is 18.4. The third-order valence-electron chi connectivity index (χ3n) is 4.42. The number of carbonyl (C=O) groups is 2. The quantitative estimate of drug-likeness (QED) is 0.421. The van der Waals surface area contributed by atoms with E-state index >= 15 is 0 Å². The van der Waals surface area contributed by atoms with Gasteiger partial charge in [0.1, 0.15) is 11.5 Å². The molecule has 146 valence electrons. The number of aromatic amines is 1. The van der Waals surface area contributed by atoms with Gasteiger partial charge in [-0.15, -0.1) is 0 Å². The Morgan fingerprint density at radius 2 is 1.83 bits per heavy atom. The zero-order valence-corrected chi connectivity index (χ0v) is 15.5. The third kappa shape index (κ3) is 4.30. The number of rotatable bonds is 7. The highest BCUT2D eigenvalue weighted by atomic mass is 16.3. The van der Waals surface area contributed by atoms with E-state index in [1.165, 1.54) is 24.7 Å². The van der Waals surface area contributed by atoms with Gasteiger partial charge in [0.2, 0.25) is 0 Å². The van der Waals surface area contributed by atoms with E-state index in [0.29, 0.717) is 18.7 Å². The smallest absolute Gasteiger partial charge is 0.291 e. The van der Waals surface area contributed by atoms with Gasteiger partial charge >= 0.3 is 0 Å². The second-order valence-electron chi connectivity index (χ2n) is 6.37. The molecule has 0 unspecified atom stereocenters. The second-order valence-corrected chi connectivity index (χ2v) is 6.37. The molecule has 3 N–H and O–H groups in total. The maximum Gasteiger partial charge on any atom is 0.291 e. The molecular weight excluding hydrogens is 370 g/mol. The van der Waals surface area contributed by atoms with Crippen molar-refractivity contribution >= 4 is 28.8 Å². The van der Waals surface area contributed by atoms with E-state index in [4.69, 9.17) is 8.83 Å². The predicted octanol–water partition coefficient (Wildman–Crippen LogP) is 3.48. The van der Waals surface area contributed by atoms with E-state index in [0.717, 1.165) is 16.5 Å². The van der Waals surface area contributed by atoms with Crippen LogP contribution in [0, 0.1) is 0 Å². The van der Waals surface area contributed by atoms with Crippen molar-refractivity contribution in [2.24, 2.45) is 0 Å². The molecule has 29 heavy (non-hydrogen) atoms. The lowest BCUT2D eigenvalue weighted by Crippen LogP contribution is -2.35. The van der Waals surface area contributed by atoms with Crippen molar-refractivity contribution in [2.45, 2.75) is 6.42 Å². The molecule has 0 saturated carbocycles. The minimum atomic E-state index is -0.514. The maximum absolute atomic E-state index is 12.7. The van der Waals surface area contributed by atoms with Gasteiger partial charge in [-0.2, -0.15) is 0 Å². The zero-order chi connectivity index (χ0) is 20.1. The Morgan fingerprint density at radius 1 is 1.00 bits per heavy atom. The van der Waals surface area contributed by atoms with E-state index in [2.05, 4.69) is 15.6 Å². The van der Waals surface area contributed by atoms with E-state index in [-0.39, 0.29) is 11.5 Å². The van der Waals surface area contributed by atoms with Crippen molar-refractivity contribution in [2.75, 3.05) is 6.54 Å². The van der Waals surface area contributed by atoms with Gasteiger partial charge in [-0.25, -0.2) is 0 Å². The molecule has 3 aromatic heterocycles. The highest BCUT2D eigenvalue weighted by molar-refractivity contribution is 6.04. The van der Waals surface area contributed by atoms with Gasteiger partial charge in [0, 0.05) is 29.7 Å². The van der Waals surface area contributed by atoms with Crippen LogP contribution < -0.4 is 10.6 Å². The van der Waals surface area contributed by atoms with Crippen LogP contribution in [0.2, 0.25) is 0 Å². The molecular formula is C22H19N3O4. The number of H-pyrrole nitrogens is 1. The van der Waals surface area contributed by atoms with Gasteiger partial charge in [-0.1, -0.05) is 18.2 Å². The number of hydrogen-bond acceptors (Lipinski definition) is 4. The summed E-state index contributed by atoms with van der Waals surface area (Å²) in [4.78, 5) is 28.2. The minimum absolute atomic E-state index is 0.0697. The largest absolute Gasteiger partial charge is 0.465 e. The topological polar surface area (TPSA) is 100 Å². The fourth-order valence-electron chi connectivity index (χ4n) is 3.01. The van der Waals surface area contributed by atoms with Crippen LogP contribution in [-0.2, 0) is 11.2 Å². The Bertz CT molecular complexity index is 1140. The molecule has 3 heterocycles. The summed E-state index contributed by atoms with van der Waals surface area (Å²) >= 11 is 0. The molecule has 0 aliphatic carbocycles. The van der Waals surface area contributed by atoms with Gasteiger partial charge in [-0.05, 0) is 42.3 Å². The molecule has 0 fully saturated rings. The first-order chi connectivity index (χ1) is 14.2. The summed E-state index contributed by atoms with van der Waals surface area (Å²) in [6.45, 7) is 0.410. The number of para-hydroxylation sites is 1. The van der Waals surface area contributed by atoms with Crippen LogP contribution in [0.5, 0.6) is 0 Å². The lowest BCUT2D eigenvalue weighted by Gasteiger charge is -2.09. The number of hydrogen-bond donors (Lipinski definition) is 3. The van der Waals surface area contributed by atoms with Gasteiger partial charge in [0.05, 0.1) is 12.5 Å². The first-order valence-corrected chi connectivity index (χ1v) is 9.14. The average Bonchev–Trinajstić information content (AvgIpc) is 3.49. The monoisotopic (exact) mass is 389 g/mol. The Kier molecular flexibility index (Phi) is 5.29. The summed E-state index contributed by atoms with van der Waals surface area (Å²) in [5.41, 5.74) is 2.23. The normalized spacial score (nSPS) is 11.5. The van der Waals surface area contributed by atoms with Crippen molar-refractivity contribution in [3.8, 4) is 0 Å². The fourth-order valence-corrected chi connectivity index (χ4v) is 3.01. The summed E-state index contributed by atoms with van der Waals surface area (Å²) < 4.78 is 10.3. The SMILES string of the molecule is O=C(NCCc1c[nH]c2ccccc12)C(=Cc1ccco1)NC(=O)c1ccco1. The molecule has 2 amide bonds. The average molecular weight is 389 g/mol. The van der Waals surface area contributed by atoms with Gasteiger partial charge in [0.25, 0.3) is 11.8 Å². The first-order valence-electron chi connectivity index (χ1n) is 9.14. The molecule has 0 saturated heterocycles. The number of furan rings is 2. The van der Waals surface area contributed by atoms with Crippen LogP contribution in [-0.4, -0.2) is 23.3 Å². The molecule has 4 rings (SSSR count). The number of fused-ring (bicyclic) bond motifs is 1. The van der Waals surface area contributed by atoms with Crippen molar-refractivity contribution in [1.29, 1.82) is 0 Å². The van der Waals surface area contributed by atoms with E-state index in [1.54, 1.807) is 18.2 Å². The predicted molar refractivity (Wildman–Crippen MR) is 108 cm³/mol. The molecule has 1 aromatic carbocycles. The zero-order valence-electron chi connectivity index (χ0n) is 15.5. The van der Waals surface area contributed by atoms with Crippen molar-refractivity contribution in [3.63, 3.8) is 0 Å². The lowest BCUT2D eigenvalue weighted by atomic mass is 10.1. The van der Waals surface area contributed by atoms with Crippen LogP contribution >= 0.6 is 0 Å². The number of benzene rings is 1. The van der Waals surface area contributed by atoms with E-state index in [9.17, 15) is 9.59 Å². The Hall–Kier alpha value is -4.00. The molecule has 0 aliphatic rings. The summed E-state index contributed by atoms with van der Waals surface area (Å²) in [6.07, 6.45) is 6.95. The second kappa shape index (κ2) is 8.35. The highest BCUT2D eigenvalue weighted by Crippen LogP contribution is 2.17. The molecule has 7 heteroatoms. The maximum atomic E-state index is 12.7. The van der Waals surface area contributed by atoms with E-state index < -0.39 is 11.8 Å². The Labute approximate surface area is 166 Å². The van der Waals surface area contributed by atoms with E-state index in [1.807, 2.05) is 30.5 Å². The summed E-state index contributed by atoms with van der Waals surface area (Å²) in [6, 6.07) is 14.5. The van der Waals surface area contributed by atoms with Gasteiger partial charge < -0.3 is 24.5 Å². The van der Waals surface area contributed by atoms with Crippen molar-refractivity contribution in [3.05, 3.63) is 90.0 Å². The minimum Gasteiger partial charge on any atom is -0.465 e. The Morgan fingerprint density at radius 3 is 2.62 bits per heavy atom. The number of amides is 2. The number of nitrogens with one attached hydrogen (secondary N) is 3. The molecule has 0 spiro atoms. The van der Waals surface area contributed by atoms with Crippen molar-refractivity contribution < 1.29 is 18.4 Å². The molecule has 4 aromatic rings. The summed E-state index contributed by atoms with van der Waals surface area (Å²) in [5.74, 6) is -0.366. The van der Waals surface area contributed by atoms with Crippen LogP contribution in [0.4, 0.5) is 0 Å². The number of carbonyl (C=O) groups excluding carboxylic acids is 2. The van der Waals surface area contributed by atoms with Crippen LogP contribution in [0.25, 0.3) is 17.0 Å². The molecule has 0 bridgehead atoms. The lowest BCUT2D eigenvalue weighted by molar-refractivity contribution is -0.117. The number of aromatic nitrogens is 1.